The third kappa shape index (κ3) is 2.19. The van der Waals surface area contributed by atoms with E-state index in [1.54, 1.807) is 12.4 Å². The molecule has 0 radical (unpaired) electrons. The Bertz CT molecular complexity index is 845. The zero-order chi connectivity index (χ0) is 17.3. The van der Waals surface area contributed by atoms with Crippen LogP contribution in [0.4, 0.5) is 17.7 Å². The fourth-order valence-electron chi connectivity index (χ4n) is 5.30. The minimum atomic E-state index is 0.292. The molecular weight excluding hydrogens is 326 g/mol. The van der Waals surface area contributed by atoms with Crippen LogP contribution in [0.25, 0.3) is 11.3 Å². The van der Waals surface area contributed by atoms with E-state index in [-0.39, 0.29) is 0 Å². The fourth-order valence-corrected chi connectivity index (χ4v) is 5.30. The minimum absolute atomic E-state index is 0.292. The van der Waals surface area contributed by atoms with Crippen molar-refractivity contribution in [1.82, 2.24) is 19.9 Å². The van der Waals surface area contributed by atoms with Crippen molar-refractivity contribution in [3.63, 3.8) is 0 Å². The largest absolute Gasteiger partial charge is 0.368 e. The molecule has 5 heterocycles. The van der Waals surface area contributed by atoms with Crippen molar-refractivity contribution in [1.29, 1.82) is 0 Å². The maximum Gasteiger partial charge on any atom is 0.228 e. The lowest BCUT2D eigenvalue weighted by Crippen LogP contribution is -2.34. The van der Waals surface area contributed by atoms with E-state index in [0.29, 0.717) is 18.0 Å². The van der Waals surface area contributed by atoms with Gasteiger partial charge in [0.15, 0.2) is 0 Å². The summed E-state index contributed by atoms with van der Waals surface area (Å²) in [5.74, 6) is 3.90. The molecule has 2 aromatic heterocycles. The third-order valence-corrected chi connectivity index (χ3v) is 6.74. The summed E-state index contributed by atoms with van der Waals surface area (Å²) in [5, 5.41) is 0. The number of nitrogens with two attached hydrogens (primary N) is 1. The van der Waals surface area contributed by atoms with Gasteiger partial charge in [0.2, 0.25) is 11.9 Å². The molecule has 2 aromatic rings. The number of hydrogen-bond donors (Lipinski definition) is 1. The standard InChI is InChI=1S/C19H23N7/c20-18-21-7-13(8-22-18)16-6-17(25-9-11-1-2-14(25)3-11)24-19(23-16)26-10-12-4-15(26)5-12/h6-8,11-12,14-15H,1-5,9-10H2,(H2,20,21,22)/t11-,12?,14+,15?/m1/s1. The Balaban J connectivity index is 1.43. The number of nitrogens with zero attached hydrogens (tertiary/aromatic N) is 6. The van der Waals surface area contributed by atoms with E-state index in [1.165, 1.54) is 32.1 Å². The smallest absolute Gasteiger partial charge is 0.228 e. The van der Waals surface area contributed by atoms with Crippen LogP contribution in [0.5, 0.6) is 0 Å². The molecule has 2 atom stereocenters. The SMILES string of the molecule is Nc1ncc(-c2cc(N3C[C@@H]4CC[C@H]3C4)nc(N3CC4CC3C4)n2)cn1. The molecule has 5 aliphatic rings. The fraction of sp³-hybridized carbons (Fsp3) is 0.579. The second-order valence-electron chi connectivity index (χ2n) is 8.37. The predicted octanol–water partition coefficient (Wildman–Crippen LogP) is 2.10. The highest BCUT2D eigenvalue weighted by molar-refractivity contribution is 5.65. The van der Waals surface area contributed by atoms with Crippen LogP contribution < -0.4 is 15.5 Å². The van der Waals surface area contributed by atoms with Crippen LogP contribution >= 0.6 is 0 Å². The first-order chi connectivity index (χ1) is 12.7. The van der Waals surface area contributed by atoms with Gasteiger partial charge in [-0.3, -0.25) is 0 Å². The van der Waals surface area contributed by atoms with Gasteiger partial charge in [0, 0.05) is 49.2 Å². The lowest BCUT2D eigenvalue weighted by atomic mass is 9.86. The van der Waals surface area contributed by atoms with Crippen LogP contribution in [0.1, 0.15) is 32.1 Å². The average Bonchev–Trinajstić information content (AvgIpc) is 3.41. The lowest BCUT2D eigenvalue weighted by molar-refractivity contribution is 0.380. The van der Waals surface area contributed by atoms with Gasteiger partial charge in [0.25, 0.3) is 0 Å². The second-order valence-corrected chi connectivity index (χ2v) is 8.37. The Morgan fingerprint density at radius 2 is 1.65 bits per heavy atom. The van der Waals surface area contributed by atoms with Crippen molar-refractivity contribution >= 4 is 17.7 Å². The second kappa shape index (κ2) is 5.28. The van der Waals surface area contributed by atoms with Gasteiger partial charge in [-0.25, -0.2) is 15.0 Å². The molecule has 5 fully saturated rings. The maximum absolute atomic E-state index is 5.66. The van der Waals surface area contributed by atoms with Crippen molar-refractivity contribution in [3.8, 4) is 11.3 Å². The number of aromatic nitrogens is 4. The lowest BCUT2D eigenvalue weighted by Gasteiger charge is -2.30. The molecule has 7 nitrogen and oxygen atoms in total. The number of piperidine rings is 1. The number of anilines is 3. The van der Waals surface area contributed by atoms with Crippen molar-refractivity contribution in [3.05, 3.63) is 18.5 Å². The van der Waals surface area contributed by atoms with Crippen LogP contribution in [0.2, 0.25) is 0 Å². The van der Waals surface area contributed by atoms with Crippen LogP contribution in [0.15, 0.2) is 18.5 Å². The van der Waals surface area contributed by atoms with Gasteiger partial charge in [-0.2, -0.15) is 4.98 Å². The summed E-state index contributed by atoms with van der Waals surface area (Å²) >= 11 is 0. The van der Waals surface area contributed by atoms with E-state index in [0.717, 1.165) is 47.9 Å². The molecule has 0 amide bonds. The van der Waals surface area contributed by atoms with Gasteiger partial charge in [-0.15, -0.1) is 0 Å². The maximum atomic E-state index is 5.66. The molecule has 3 aliphatic heterocycles. The molecule has 2 saturated carbocycles. The summed E-state index contributed by atoms with van der Waals surface area (Å²) in [6.45, 7) is 2.22. The summed E-state index contributed by atoms with van der Waals surface area (Å²) in [5.41, 5.74) is 7.46. The van der Waals surface area contributed by atoms with Gasteiger partial charge in [0.05, 0.1) is 5.69 Å². The molecular formula is C19H23N7. The Labute approximate surface area is 152 Å². The third-order valence-electron chi connectivity index (χ3n) is 6.74. The normalized spacial score (nSPS) is 31.5. The number of nitrogen functional groups attached to an aromatic ring is 1. The van der Waals surface area contributed by atoms with Crippen LogP contribution in [0.3, 0.4) is 0 Å². The molecule has 4 bridgehead atoms. The van der Waals surface area contributed by atoms with Gasteiger partial charge in [-0.05, 0) is 43.9 Å². The predicted molar refractivity (Wildman–Crippen MR) is 99.8 cm³/mol. The highest BCUT2D eigenvalue weighted by Crippen LogP contribution is 2.44. The molecule has 0 unspecified atom stereocenters. The van der Waals surface area contributed by atoms with Crippen LogP contribution in [-0.4, -0.2) is 45.1 Å². The Kier molecular flexibility index (Phi) is 2.99. The first-order valence-electron chi connectivity index (χ1n) is 9.73. The molecule has 2 aliphatic carbocycles. The topological polar surface area (TPSA) is 84.1 Å². The summed E-state index contributed by atoms with van der Waals surface area (Å²) in [7, 11) is 0. The quantitative estimate of drug-likeness (QED) is 0.908. The van der Waals surface area contributed by atoms with Crippen molar-refractivity contribution in [2.75, 3.05) is 28.6 Å². The Morgan fingerprint density at radius 1 is 0.885 bits per heavy atom. The first kappa shape index (κ1) is 14.7. The number of hydrogen-bond acceptors (Lipinski definition) is 7. The summed E-state index contributed by atoms with van der Waals surface area (Å²) in [4.78, 5) is 23.1. The monoisotopic (exact) mass is 349 g/mol. The molecule has 7 rings (SSSR count). The van der Waals surface area contributed by atoms with E-state index in [1.807, 2.05) is 0 Å². The number of fused-ring (bicyclic) bond motifs is 3. The van der Waals surface area contributed by atoms with Gasteiger partial charge >= 0.3 is 0 Å². The van der Waals surface area contributed by atoms with Gasteiger partial charge in [0.1, 0.15) is 5.82 Å². The number of rotatable bonds is 3. The van der Waals surface area contributed by atoms with E-state index >= 15 is 0 Å². The molecule has 2 N–H and O–H groups in total. The first-order valence-corrected chi connectivity index (χ1v) is 9.73. The van der Waals surface area contributed by atoms with Gasteiger partial charge in [-0.1, -0.05) is 0 Å². The molecule has 7 heteroatoms. The highest BCUT2D eigenvalue weighted by Gasteiger charge is 2.44. The van der Waals surface area contributed by atoms with Crippen molar-refractivity contribution in [2.24, 2.45) is 11.8 Å². The van der Waals surface area contributed by atoms with Crippen molar-refractivity contribution < 1.29 is 0 Å². The summed E-state index contributed by atoms with van der Waals surface area (Å²) in [6.07, 6.45) is 10.1. The zero-order valence-corrected chi connectivity index (χ0v) is 14.8. The molecule has 0 spiro atoms. The van der Waals surface area contributed by atoms with E-state index in [2.05, 4.69) is 25.8 Å². The minimum Gasteiger partial charge on any atom is -0.368 e. The van der Waals surface area contributed by atoms with E-state index in [9.17, 15) is 0 Å². The zero-order valence-electron chi connectivity index (χ0n) is 14.8. The molecule has 26 heavy (non-hydrogen) atoms. The van der Waals surface area contributed by atoms with E-state index in [4.69, 9.17) is 15.7 Å². The molecule has 3 saturated heterocycles. The highest BCUT2D eigenvalue weighted by atomic mass is 15.3. The summed E-state index contributed by atoms with van der Waals surface area (Å²) < 4.78 is 0. The Morgan fingerprint density at radius 3 is 2.31 bits per heavy atom. The van der Waals surface area contributed by atoms with E-state index < -0.39 is 0 Å². The molecule has 0 aromatic carbocycles. The Hall–Kier alpha value is -2.44. The van der Waals surface area contributed by atoms with Crippen LogP contribution in [0, 0.1) is 11.8 Å². The average molecular weight is 349 g/mol. The molecule has 134 valence electrons. The van der Waals surface area contributed by atoms with Gasteiger partial charge < -0.3 is 15.5 Å². The summed E-state index contributed by atoms with van der Waals surface area (Å²) in [6, 6.07) is 3.38. The van der Waals surface area contributed by atoms with Crippen molar-refractivity contribution in [2.45, 2.75) is 44.2 Å². The van der Waals surface area contributed by atoms with Crippen LogP contribution in [-0.2, 0) is 0 Å².